The van der Waals surface area contributed by atoms with Crippen molar-refractivity contribution >= 4 is 39.1 Å². The number of nitrogens with one attached hydrogen (secondary N) is 1. The van der Waals surface area contributed by atoms with Crippen LogP contribution in [0.15, 0.2) is 48.5 Å². The highest BCUT2D eigenvalue weighted by molar-refractivity contribution is 7.92. The SMILES string of the molecule is CC(C)c1ccccc1N(CC(=O)N(Cc1ccccc1Cl)C(C)C(=O)NC1CCCC1)S(C)(=O)=O. The summed E-state index contributed by atoms with van der Waals surface area (Å²) in [5.74, 6) is -0.681. The molecule has 3 rings (SSSR count). The first-order chi connectivity index (χ1) is 17.0. The van der Waals surface area contributed by atoms with E-state index in [1.54, 1.807) is 37.3 Å². The van der Waals surface area contributed by atoms with Crippen LogP contribution in [0, 0.1) is 0 Å². The van der Waals surface area contributed by atoms with E-state index in [0.29, 0.717) is 16.3 Å². The second-order valence-electron chi connectivity index (χ2n) is 9.76. The Balaban J connectivity index is 1.94. The average molecular weight is 534 g/mol. The van der Waals surface area contributed by atoms with Gasteiger partial charge >= 0.3 is 0 Å². The van der Waals surface area contributed by atoms with E-state index in [1.165, 1.54) is 4.90 Å². The molecule has 2 aromatic rings. The molecule has 1 N–H and O–H groups in total. The van der Waals surface area contributed by atoms with Crippen molar-refractivity contribution in [2.45, 2.75) is 71.0 Å². The second-order valence-corrected chi connectivity index (χ2v) is 12.1. The van der Waals surface area contributed by atoms with Crippen LogP contribution in [0.5, 0.6) is 0 Å². The normalized spacial score (nSPS) is 15.1. The summed E-state index contributed by atoms with van der Waals surface area (Å²) >= 11 is 6.38. The standard InChI is InChI=1S/C27H36ClN3O4S/c1-19(2)23-14-8-10-16-25(23)31(36(4,34)35)18-26(32)30(17-21-11-5-9-15-24(21)28)20(3)27(33)29-22-12-6-7-13-22/h5,8-11,14-16,19-20,22H,6-7,12-13,17-18H2,1-4H3,(H,29,33). The Morgan fingerprint density at radius 3 is 2.25 bits per heavy atom. The van der Waals surface area contributed by atoms with Gasteiger partial charge in [0.1, 0.15) is 12.6 Å². The highest BCUT2D eigenvalue weighted by atomic mass is 35.5. The van der Waals surface area contributed by atoms with Gasteiger partial charge in [-0.15, -0.1) is 0 Å². The van der Waals surface area contributed by atoms with E-state index in [4.69, 9.17) is 11.6 Å². The maximum Gasteiger partial charge on any atom is 0.244 e. The quantitative estimate of drug-likeness (QED) is 0.479. The van der Waals surface area contributed by atoms with Crippen LogP contribution in [0.25, 0.3) is 0 Å². The summed E-state index contributed by atoms with van der Waals surface area (Å²) in [7, 11) is -3.79. The van der Waals surface area contributed by atoms with E-state index in [0.717, 1.165) is 41.8 Å². The molecule has 2 aromatic carbocycles. The number of hydrogen-bond acceptors (Lipinski definition) is 4. The topological polar surface area (TPSA) is 86.8 Å². The fourth-order valence-electron chi connectivity index (χ4n) is 4.58. The van der Waals surface area contributed by atoms with E-state index >= 15 is 0 Å². The van der Waals surface area contributed by atoms with Crippen LogP contribution in [0.3, 0.4) is 0 Å². The van der Waals surface area contributed by atoms with Crippen LogP contribution in [0.4, 0.5) is 5.69 Å². The highest BCUT2D eigenvalue weighted by Gasteiger charge is 2.32. The number of benzene rings is 2. The summed E-state index contributed by atoms with van der Waals surface area (Å²) < 4.78 is 26.9. The van der Waals surface area contributed by atoms with Gasteiger partial charge in [-0.05, 0) is 48.9 Å². The molecule has 1 aliphatic carbocycles. The summed E-state index contributed by atoms with van der Waals surface area (Å²) in [6.45, 7) is 5.28. The lowest BCUT2D eigenvalue weighted by Crippen LogP contribution is -2.52. The molecule has 36 heavy (non-hydrogen) atoms. The van der Waals surface area contributed by atoms with Crippen LogP contribution < -0.4 is 9.62 Å². The molecule has 0 aliphatic heterocycles. The number of carbonyl (C=O) groups is 2. The van der Waals surface area contributed by atoms with E-state index in [2.05, 4.69) is 5.32 Å². The predicted molar refractivity (Wildman–Crippen MR) is 145 cm³/mol. The number of nitrogens with zero attached hydrogens (tertiary/aromatic N) is 2. The smallest absolute Gasteiger partial charge is 0.244 e. The summed E-state index contributed by atoms with van der Waals surface area (Å²) in [5.41, 5.74) is 1.96. The van der Waals surface area contributed by atoms with E-state index < -0.39 is 28.5 Å². The van der Waals surface area contributed by atoms with Crippen molar-refractivity contribution < 1.29 is 18.0 Å². The fraction of sp³-hybridized carbons (Fsp3) is 0.481. The first-order valence-electron chi connectivity index (χ1n) is 12.4. The maximum absolute atomic E-state index is 13.8. The monoisotopic (exact) mass is 533 g/mol. The molecule has 2 amide bonds. The van der Waals surface area contributed by atoms with Crippen molar-refractivity contribution in [3.05, 3.63) is 64.7 Å². The molecule has 1 unspecified atom stereocenters. The fourth-order valence-corrected chi connectivity index (χ4v) is 5.65. The number of carbonyl (C=O) groups excluding carboxylic acids is 2. The number of para-hydroxylation sites is 1. The van der Waals surface area contributed by atoms with Crippen molar-refractivity contribution in [3.63, 3.8) is 0 Å². The predicted octanol–water partition coefficient (Wildman–Crippen LogP) is 4.71. The van der Waals surface area contributed by atoms with Crippen molar-refractivity contribution in [1.29, 1.82) is 0 Å². The van der Waals surface area contributed by atoms with Gasteiger partial charge < -0.3 is 10.2 Å². The third kappa shape index (κ3) is 7.01. The lowest BCUT2D eigenvalue weighted by atomic mass is 10.0. The first kappa shape index (κ1) is 28.0. The zero-order valence-electron chi connectivity index (χ0n) is 21.4. The molecule has 0 aromatic heterocycles. The van der Waals surface area contributed by atoms with Gasteiger partial charge in [-0.1, -0.05) is 74.7 Å². The minimum Gasteiger partial charge on any atom is -0.352 e. The number of halogens is 1. The molecule has 0 heterocycles. The summed E-state index contributed by atoms with van der Waals surface area (Å²) in [6.07, 6.45) is 5.07. The van der Waals surface area contributed by atoms with Gasteiger partial charge in [0.25, 0.3) is 0 Å². The minimum absolute atomic E-state index is 0.0518. The van der Waals surface area contributed by atoms with E-state index in [9.17, 15) is 18.0 Å². The number of sulfonamides is 1. The molecular weight excluding hydrogens is 498 g/mol. The van der Waals surface area contributed by atoms with Gasteiger partial charge in [-0.25, -0.2) is 8.42 Å². The molecule has 0 spiro atoms. The Bertz CT molecular complexity index is 1180. The van der Waals surface area contributed by atoms with Crippen molar-refractivity contribution in [1.82, 2.24) is 10.2 Å². The van der Waals surface area contributed by atoms with Crippen molar-refractivity contribution in [2.24, 2.45) is 0 Å². The van der Waals surface area contributed by atoms with Gasteiger partial charge in [-0.2, -0.15) is 0 Å². The molecule has 0 saturated heterocycles. The van der Waals surface area contributed by atoms with Crippen LogP contribution in [-0.4, -0.2) is 50.0 Å². The van der Waals surface area contributed by atoms with Crippen molar-refractivity contribution in [3.8, 4) is 0 Å². The zero-order valence-corrected chi connectivity index (χ0v) is 23.0. The summed E-state index contributed by atoms with van der Waals surface area (Å²) in [4.78, 5) is 28.3. The lowest BCUT2D eigenvalue weighted by molar-refractivity contribution is -0.139. The van der Waals surface area contributed by atoms with Crippen LogP contribution >= 0.6 is 11.6 Å². The summed E-state index contributed by atoms with van der Waals surface area (Å²) in [5, 5.41) is 3.53. The Hall–Kier alpha value is -2.58. The first-order valence-corrected chi connectivity index (χ1v) is 14.6. The minimum atomic E-state index is -3.79. The van der Waals surface area contributed by atoms with E-state index in [-0.39, 0.29) is 24.4 Å². The van der Waals surface area contributed by atoms with Gasteiger partial charge in [-0.3, -0.25) is 13.9 Å². The third-order valence-electron chi connectivity index (χ3n) is 6.67. The third-order valence-corrected chi connectivity index (χ3v) is 8.17. The van der Waals surface area contributed by atoms with Gasteiger partial charge in [0.05, 0.1) is 11.9 Å². The molecular formula is C27H36ClN3O4S. The Labute approximate surface area is 219 Å². The average Bonchev–Trinajstić information content (AvgIpc) is 3.33. The van der Waals surface area contributed by atoms with Crippen molar-refractivity contribution in [2.75, 3.05) is 17.1 Å². The molecule has 1 atom stereocenters. The van der Waals surface area contributed by atoms with Gasteiger partial charge in [0.15, 0.2) is 0 Å². The Morgan fingerprint density at radius 1 is 1.03 bits per heavy atom. The number of anilines is 1. The zero-order chi connectivity index (χ0) is 26.5. The van der Waals surface area contributed by atoms with Crippen LogP contribution in [-0.2, 0) is 26.2 Å². The maximum atomic E-state index is 13.8. The molecule has 1 aliphatic rings. The number of rotatable bonds is 10. The molecule has 1 saturated carbocycles. The number of amides is 2. The molecule has 0 radical (unpaired) electrons. The van der Waals surface area contributed by atoms with E-state index in [1.807, 2.05) is 32.0 Å². The second kappa shape index (κ2) is 12.1. The molecule has 7 nitrogen and oxygen atoms in total. The largest absolute Gasteiger partial charge is 0.352 e. The molecule has 196 valence electrons. The van der Waals surface area contributed by atoms with Gasteiger partial charge in [0.2, 0.25) is 21.8 Å². The number of hydrogen-bond donors (Lipinski definition) is 1. The molecule has 0 bridgehead atoms. The summed E-state index contributed by atoms with van der Waals surface area (Å²) in [6, 6.07) is 13.6. The van der Waals surface area contributed by atoms with Crippen LogP contribution in [0.2, 0.25) is 5.02 Å². The Morgan fingerprint density at radius 2 is 1.64 bits per heavy atom. The van der Waals surface area contributed by atoms with Crippen LogP contribution in [0.1, 0.15) is 63.5 Å². The Kier molecular flexibility index (Phi) is 9.41. The molecule has 9 heteroatoms. The van der Waals surface area contributed by atoms with Gasteiger partial charge in [0, 0.05) is 17.6 Å². The lowest BCUT2D eigenvalue weighted by Gasteiger charge is -2.33. The highest BCUT2D eigenvalue weighted by Crippen LogP contribution is 2.29. The molecule has 1 fully saturated rings.